The number of hydrogen-bond acceptors (Lipinski definition) is 5. The molecule has 0 saturated heterocycles. The molecule has 0 N–H and O–H groups in total. The lowest BCUT2D eigenvalue weighted by atomic mass is 10.0. The number of nitrogens with zero attached hydrogens (tertiary/aromatic N) is 4. The first-order valence-electron chi connectivity index (χ1n) is 12.7. The molecule has 39 heavy (non-hydrogen) atoms. The molecule has 0 spiro atoms. The number of benzene rings is 5. The van der Waals surface area contributed by atoms with E-state index in [2.05, 4.69) is 54.6 Å². The molecule has 4 nitrogen and oxygen atoms in total. The van der Waals surface area contributed by atoms with Crippen LogP contribution in [0.2, 0.25) is 0 Å². The van der Waals surface area contributed by atoms with E-state index in [1.54, 1.807) is 11.3 Å². The van der Waals surface area contributed by atoms with Crippen LogP contribution in [0.15, 0.2) is 133 Å². The lowest BCUT2D eigenvalue weighted by Crippen LogP contribution is -2.00. The van der Waals surface area contributed by atoms with Crippen LogP contribution in [0.5, 0.6) is 0 Å². The van der Waals surface area contributed by atoms with Gasteiger partial charge in [0, 0.05) is 27.8 Å². The van der Waals surface area contributed by atoms with Crippen LogP contribution in [-0.4, -0.2) is 19.9 Å². The minimum Gasteiger partial charge on any atom is -0.236 e. The molecule has 2 aromatic heterocycles. The zero-order chi connectivity index (χ0) is 26.0. The molecule has 0 bridgehead atoms. The van der Waals surface area contributed by atoms with Gasteiger partial charge >= 0.3 is 0 Å². The quantitative estimate of drug-likeness (QED) is 0.228. The Balaban J connectivity index is 1.36. The summed E-state index contributed by atoms with van der Waals surface area (Å²) in [4.78, 5) is 19.6. The maximum atomic E-state index is 4.93. The molecule has 0 radical (unpaired) electrons. The molecular formula is C34H22N4S. The summed E-state index contributed by atoms with van der Waals surface area (Å²) in [5, 5.41) is 1.02. The van der Waals surface area contributed by atoms with E-state index >= 15 is 0 Å². The fourth-order valence-corrected chi connectivity index (χ4v) is 5.75. The van der Waals surface area contributed by atoms with Crippen molar-refractivity contribution >= 4 is 21.6 Å². The molecule has 7 rings (SSSR count). The Morgan fingerprint density at radius 3 is 1.49 bits per heavy atom. The van der Waals surface area contributed by atoms with Crippen molar-refractivity contribution in [2.45, 2.75) is 0 Å². The molecule has 184 valence electrons. The number of rotatable bonds is 5. The summed E-state index contributed by atoms with van der Waals surface area (Å²) < 4.78 is 1.17. The zero-order valence-corrected chi connectivity index (χ0v) is 21.7. The standard InChI is InChI=1S/C34H22N4S/c1-4-12-23(13-5-1)31-36-32(24-14-6-2-7-15-24)38-33(37-31)27-19-10-18-26(22-27)28-20-11-21-29-30(28)39-34(35-29)25-16-8-3-9-17-25/h1-22H. The average molecular weight is 519 g/mol. The van der Waals surface area contributed by atoms with Crippen molar-refractivity contribution in [2.24, 2.45) is 0 Å². The van der Waals surface area contributed by atoms with Crippen molar-refractivity contribution in [3.63, 3.8) is 0 Å². The highest BCUT2D eigenvalue weighted by Gasteiger charge is 2.15. The molecular weight excluding hydrogens is 496 g/mol. The SMILES string of the molecule is c1ccc(-c2nc(-c3ccccc3)nc(-c3cccc(-c4cccc5nc(-c6ccccc6)sc45)c3)n2)cc1. The fourth-order valence-electron chi connectivity index (χ4n) is 4.64. The minimum atomic E-state index is 0.644. The first kappa shape index (κ1) is 23.1. The summed E-state index contributed by atoms with van der Waals surface area (Å²) in [5.41, 5.74) is 7.23. The van der Waals surface area contributed by atoms with Crippen LogP contribution >= 0.6 is 11.3 Å². The van der Waals surface area contributed by atoms with Gasteiger partial charge in [-0.25, -0.2) is 19.9 Å². The van der Waals surface area contributed by atoms with Gasteiger partial charge in [-0.3, -0.25) is 0 Å². The Labute approximate surface area is 230 Å². The molecule has 0 aliphatic heterocycles. The Kier molecular flexibility index (Phi) is 5.96. The summed E-state index contributed by atoms with van der Waals surface area (Å²) in [7, 11) is 0. The number of hydrogen-bond donors (Lipinski definition) is 0. The van der Waals surface area contributed by atoms with Gasteiger partial charge in [-0.2, -0.15) is 0 Å². The van der Waals surface area contributed by atoms with Gasteiger partial charge in [-0.15, -0.1) is 11.3 Å². The van der Waals surface area contributed by atoms with Crippen LogP contribution in [0.25, 0.3) is 66.1 Å². The summed E-state index contributed by atoms with van der Waals surface area (Å²) in [6.45, 7) is 0. The third kappa shape index (κ3) is 4.60. The second-order valence-corrected chi connectivity index (χ2v) is 10.2. The molecule has 0 aliphatic carbocycles. The van der Waals surface area contributed by atoms with Crippen molar-refractivity contribution in [1.82, 2.24) is 19.9 Å². The topological polar surface area (TPSA) is 51.6 Å². The summed E-state index contributed by atoms with van der Waals surface area (Å²) in [6.07, 6.45) is 0. The molecule has 7 aromatic rings. The molecule has 0 fully saturated rings. The zero-order valence-electron chi connectivity index (χ0n) is 20.9. The Morgan fingerprint density at radius 1 is 0.385 bits per heavy atom. The smallest absolute Gasteiger partial charge is 0.164 e. The maximum absolute atomic E-state index is 4.93. The molecule has 0 amide bonds. The lowest BCUT2D eigenvalue weighted by Gasteiger charge is -2.10. The largest absolute Gasteiger partial charge is 0.236 e. The highest BCUT2D eigenvalue weighted by atomic mass is 32.1. The molecule has 2 heterocycles. The van der Waals surface area contributed by atoms with E-state index in [0.717, 1.165) is 43.9 Å². The van der Waals surface area contributed by atoms with E-state index in [-0.39, 0.29) is 0 Å². The van der Waals surface area contributed by atoms with Gasteiger partial charge in [0.1, 0.15) is 5.01 Å². The van der Waals surface area contributed by atoms with Gasteiger partial charge in [0.25, 0.3) is 0 Å². The maximum Gasteiger partial charge on any atom is 0.164 e. The Bertz CT molecular complexity index is 1840. The Hall–Kier alpha value is -5.00. The average Bonchev–Trinajstić information content (AvgIpc) is 3.47. The summed E-state index contributed by atoms with van der Waals surface area (Å²) in [5.74, 6) is 1.95. The molecule has 0 aliphatic rings. The van der Waals surface area contributed by atoms with E-state index in [9.17, 15) is 0 Å². The van der Waals surface area contributed by atoms with E-state index in [0.29, 0.717) is 17.5 Å². The molecule has 0 unspecified atom stereocenters. The van der Waals surface area contributed by atoms with Crippen LogP contribution in [0.4, 0.5) is 0 Å². The second-order valence-electron chi connectivity index (χ2n) is 9.16. The van der Waals surface area contributed by atoms with E-state index in [1.165, 1.54) is 4.70 Å². The summed E-state index contributed by atoms with van der Waals surface area (Å²) >= 11 is 1.72. The number of aromatic nitrogens is 4. The van der Waals surface area contributed by atoms with Crippen molar-refractivity contribution < 1.29 is 0 Å². The van der Waals surface area contributed by atoms with Gasteiger partial charge in [-0.05, 0) is 17.7 Å². The molecule has 0 atom stereocenters. The van der Waals surface area contributed by atoms with Gasteiger partial charge in [0.2, 0.25) is 0 Å². The predicted octanol–water partition coefficient (Wildman–Crippen LogP) is 8.82. The van der Waals surface area contributed by atoms with Crippen molar-refractivity contribution in [2.75, 3.05) is 0 Å². The van der Waals surface area contributed by atoms with Crippen molar-refractivity contribution in [3.8, 4) is 55.9 Å². The van der Waals surface area contributed by atoms with Crippen molar-refractivity contribution in [3.05, 3.63) is 133 Å². The van der Waals surface area contributed by atoms with Crippen LogP contribution < -0.4 is 0 Å². The minimum absolute atomic E-state index is 0.644. The van der Waals surface area contributed by atoms with Gasteiger partial charge < -0.3 is 0 Å². The van der Waals surface area contributed by atoms with Crippen molar-refractivity contribution in [1.29, 1.82) is 0 Å². The number of thiazole rings is 1. The fraction of sp³-hybridized carbons (Fsp3) is 0. The molecule has 5 heteroatoms. The number of fused-ring (bicyclic) bond motifs is 1. The highest BCUT2D eigenvalue weighted by Crippen LogP contribution is 2.38. The third-order valence-electron chi connectivity index (χ3n) is 6.57. The normalized spacial score (nSPS) is 11.1. The first-order chi connectivity index (χ1) is 19.3. The van der Waals surface area contributed by atoms with Gasteiger partial charge in [-0.1, -0.05) is 121 Å². The van der Waals surface area contributed by atoms with E-state index in [1.807, 2.05) is 78.9 Å². The van der Waals surface area contributed by atoms with Crippen LogP contribution in [0.3, 0.4) is 0 Å². The monoisotopic (exact) mass is 518 g/mol. The summed E-state index contributed by atoms with van der Waals surface area (Å²) in [6, 6.07) is 45.2. The predicted molar refractivity (Wildman–Crippen MR) is 160 cm³/mol. The highest BCUT2D eigenvalue weighted by molar-refractivity contribution is 7.22. The van der Waals surface area contributed by atoms with Gasteiger partial charge in [0.05, 0.1) is 10.2 Å². The second kappa shape index (κ2) is 10.0. The molecule has 0 saturated carbocycles. The Morgan fingerprint density at radius 2 is 0.872 bits per heavy atom. The van der Waals surface area contributed by atoms with Gasteiger partial charge in [0.15, 0.2) is 17.5 Å². The van der Waals surface area contributed by atoms with Crippen LogP contribution in [0.1, 0.15) is 0 Å². The molecule has 5 aromatic carbocycles. The third-order valence-corrected chi connectivity index (χ3v) is 7.72. The lowest BCUT2D eigenvalue weighted by molar-refractivity contribution is 1.07. The van der Waals surface area contributed by atoms with E-state index < -0.39 is 0 Å². The van der Waals surface area contributed by atoms with Crippen LogP contribution in [0, 0.1) is 0 Å². The first-order valence-corrected chi connectivity index (χ1v) is 13.6. The van der Waals surface area contributed by atoms with Crippen LogP contribution in [-0.2, 0) is 0 Å². The van der Waals surface area contributed by atoms with E-state index in [4.69, 9.17) is 19.9 Å².